The number of aromatic nitrogens is 4. The number of pyridine rings is 1. The second kappa shape index (κ2) is 7.40. The van der Waals surface area contributed by atoms with Crippen molar-refractivity contribution in [2.75, 3.05) is 5.32 Å². The number of nitrogens with zero attached hydrogens (tertiary/aromatic N) is 4. The number of anilines is 1. The van der Waals surface area contributed by atoms with E-state index in [2.05, 4.69) is 36.3 Å². The van der Waals surface area contributed by atoms with E-state index in [1.54, 1.807) is 24.2 Å². The molecule has 5 rings (SSSR count). The zero-order chi connectivity index (χ0) is 20.7. The summed E-state index contributed by atoms with van der Waals surface area (Å²) in [6, 6.07) is 13.9. The van der Waals surface area contributed by atoms with Gasteiger partial charge >= 0.3 is 0 Å². The Morgan fingerprint density at radius 2 is 1.90 bits per heavy atom. The number of thioether (sulfide) groups is 1. The molecule has 0 saturated carbocycles. The fraction of sp³-hybridized carbons (Fsp3) is 0.304. The van der Waals surface area contributed by atoms with Gasteiger partial charge in [-0.3, -0.25) is 9.78 Å². The van der Waals surface area contributed by atoms with Gasteiger partial charge in [-0.1, -0.05) is 55.9 Å². The van der Waals surface area contributed by atoms with Crippen molar-refractivity contribution >= 4 is 23.5 Å². The minimum absolute atomic E-state index is 0.0706. The molecule has 2 aromatic heterocycles. The Labute approximate surface area is 179 Å². The van der Waals surface area contributed by atoms with Crippen LogP contribution in [0.3, 0.4) is 0 Å². The molecule has 1 aliphatic heterocycles. The minimum atomic E-state index is -0.276. The van der Waals surface area contributed by atoms with E-state index in [4.69, 9.17) is 10.1 Å². The van der Waals surface area contributed by atoms with Crippen LogP contribution in [0.1, 0.15) is 43.9 Å². The van der Waals surface area contributed by atoms with Crippen molar-refractivity contribution in [3.8, 4) is 0 Å². The number of carbonyl (C=O) groups is 1. The maximum absolute atomic E-state index is 13.2. The van der Waals surface area contributed by atoms with Crippen molar-refractivity contribution in [3.05, 3.63) is 77.3 Å². The van der Waals surface area contributed by atoms with Gasteiger partial charge in [0.2, 0.25) is 11.1 Å². The average molecular weight is 418 g/mol. The summed E-state index contributed by atoms with van der Waals surface area (Å²) in [4.78, 5) is 22.1. The predicted molar refractivity (Wildman–Crippen MR) is 117 cm³/mol. The molecular formula is C23H23N5OS. The Kier molecular flexibility index (Phi) is 4.70. The lowest BCUT2D eigenvalue weighted by Gasteiger charge is -2.38. The molecule has 1 N–H and O–H groups in total. The number of ketones is 1. The first-order chi connectivity index (χ1) is 14.5. The van der Waals surface area contributed by atoms with E-state index in [1.807, 2.05) is 35.0 Å². The van der Waals surface area contributed by atoms with Gasteiger partial charge in [0.15, 0.2) is 5.78 Å². The van der Waals surface area contributed by atoms with Gasteiger partial charge in [0.25, 0.3) is 0 Å². The lowest BCUT2D eigenvalue weighted by Crippen LogP contribution is -2.36. The second-order valence-corrected chi connectivity index (χ2v) is 9.52. The van der Waals surface area contributed by atoms with Crippen LogP contribution in [0.5, 0.6) is 0 Å². The van der Waals surface area contributed by atoms with E-state index in [-0.39, 0.29) is 17.2 Å². The summed E-state index contributed by atoms with van der Waals surface area (Å²) in [5.41, 5.74) is 3.93. The highest BCUT2D eigenvalue weighted by molar-refractivity contribution is 7.98. The first-order valence-electron chi connectivity index (χ1n) is 10.1. The molecular weight excluding hydrogens is 394 g/mol. The first-order valence-corrected chi connectivity index (χ1v) is 11.1. The van der Waals surface area contributed by atoms with Crippen LogP contribution in [-0.2, 0) is 10.5 Å². The average Bonchev–Trinajstić information content (AvgIpc) is 3.13. The normalized spacial score (nSPS) is 19.8. The fourth-order valence-corrected chi connectivity index (χ4v) is 5.01. The summed E-state index contributed by atoms with van der Waals surface area (Å²) < 4.78 is 1.86. The van der Waals surface area contributed by atoms with Crippen LogP contribution < -0.4 is 5.32 Å². The zero-order valence-corrected chi connectivity index (χ0v) is 17.8. The molecule has 30 heavy (non-hydrogen) atoms. The van der Waals surface area contributed by atoms with Crippen LogP contribution in [0.25, 0.3) is 0 Å². The molecule has 6 nitrogen and oxygen atoms in total. The van der Waals surface area contributed by atoms with Crippen LogP contribution in [0, 0.1) is 5.41 Å². The van der Waals surface area contributed by atoms with Crippen molar-refractivity contribution in [2.24, 2.45) is 5.41 Å². The summed E-state index contributed by atoms with van der Waals surface area (Å²) >= 11 is 1.60. The molecule has 0 saturated heterocycles. The van der Waals surface area contributed by atoms with Crippen LogP contribution in [0.15, 0.2) is 71.3 Å². The zero-order valence-electron chi connectivity index (χ0n) is 17.0. The van der Waals surface area contributed by atoms with E-state index in [0.717, 1.165) is 29.0 Å². The Balaban J connectivity index is 1.53. The second-order valence-electron chi connectivity index (χ2n) is 8.58. The van der Waals surface area contributed by atoms with Crippen LogP contribution in [-0.4, -0.2) is 25.5 Å². The topological polar surface area (TPSA) is 72.7 Å². The van der Waals surface area contributed by atoms with Gasteiger partial charge < -0.3 is 5.32 Å². The van der Waals surface area contributed by atoms with E-state index in [1.165, 1.54) is 5.56 Å². The maximum Gasteiger partial charge on any atom is 0.227 e. The molecule has 0 fully saturated rings. The van der Waals surface area contributed by atoms with E-state index >= 15 is 0 Å². The summed E-state index contributed by atoms with van der Waals surface area (Å²) in [6.07, 6.45) is 4.87. The molecule has 0 amide bonds. The summed E-state index contributed by atoms with van der Waals surface area (Å²) in [7, 11) is 0. The van der Waals surface area contributed by atoms with Gasteiger partial charge in [-0.15, -0.1) is 5.10 Å². The van der Waals surface area contributed by atoms with Crippen molar-refractivity contribution in [3.63, 3.8) is 0 Å². The molecule has 1 unspecified atom stereocenters. The molecule has 0 spiro atoms. The fourth-order valence-electron chi connectivity index (χ4n) is 4.23. The Morgan fingerprint density at radius 3 is 2.67 bits per heavy atom. The SMILES string of the molecule is CC1(C)CC(=O)C2=C(C1)Nc1nc(SCc3ccccc3)nn1C2c1ccncc1. The Morgan fingerprint density at radius 1 is 1.13 bits per heavy atom. The standard InChI is InChI=1S/C23H23N5OS/c1-23(2)12-17-19(18(29)13-23)20(16-8-10-24-11-9-16)28-21(25-17)26-22(27-28)30-14-15-6-4-3-5-7-15/h3-11,20H,12-14H2,1-2H3,(H,25,26,27). The number of fused-ring (bicyclic) bond motifs is 1. The lowest BCUT2D eigenvalue weighted by molar-refractivity contribution is -0.118. The first kappa shape index (κ1) is 19.1. The number of benzene rings is 1. The van der Waals surface area contributed by atoms with Crippen molar-refractivity contribution < 1.29 is 4.79 Å². The number of nitrogens with one attached hydrogen (secondary N) is 1. The van der Waals surface area contributed by atoms with Crippen LogP contribution >= 0.6 is 11.8 Å². The highest BCUT2D eigenvalue weighted by Gasteiger charge is 2.41. The van der Waals surface area contributed by atoms with Crippen molar-refractivity contribution in [1.82, 2.24) is 19.7 Å². The smallest absolute Gasteiger partial charge is 0.227 e. The summed E-state index contributed by atoms with van der Waals surface area (Å²) in [5, 5.41) is 8.91. The third kappa shape index (κ3) is 3.54. The maximum atomic E-state index is 13.2. The number of rotatable bonds is 4. The molecule has 7 heteroatoms. The highest BCUT2D eigenvalue weighted by Crippen LogP contribution is 2.45. The molecule has 1 aliphatic carbocycles. The third-order valence-electron chi connectivity index (χ3n) is 5.55. The minimum Gasteiger partial charge on any atom is -0.328 e. The van der Waals surface area contributed by atoms with E-state index in [0.29, 0.717) is 17.5 Å². The number of Topliss-reactive ketones (excluding diaryl/α,β-unsaturated/α-hetero) is 1. The van der Waals surface area contributed by atoms with Gasteiger partial charge in [-0.05, 0) is 35.1 Å². The molecule has 2 aliphatic rings. The number of allylic oxidation sites excluding steroid dienone is 2. The van der Waals surface area contributed by atoms with Gasteiger partial charge in [0.05, 0.1) is 0 Å². The lowest BCUT2D eigenvalue weighted by atomic mass is 9.73. The molecule has 3 aromatic rings. The van der Waals surface area contributed by atoms with E-state index in [9.17, 15) is 4.79 Å². The van der Waals surface area contributed by atoms with E-state index < -0.39 is 0 Å². The van der Waals surface area contributed by atoms with Gasteiger partial charge in [0, 0.05) is 35.8 Å². The predicted octanol–water partition coefficient (Wildman–Crippen LogP) is 4.62. The highest BCUT2D eigenvalue weighted by atomic mass is 32.2. The molecule has 1 atom stereocenters. The number of hydrogen-bond donors (Lipinski definition) is 1. The van der Waals surface area contributed by atoms with Gasteiger partial charge in [-0.2, -0.15) is 4.98 Å². The van der Waals surface area contributed by atoms with Crippen LogP contribution in [0.2, 0.25) is 0 Å². The Bertz CT molecular complexity index is 1120. The van der Waals surface area contributed by atoms with Crippen LogP contribution in [0.4, 0.5) is 5.95 Å². The monoisotopic (exact) mass is 417 g/mol. The molecule has 152 valence electrons. The summed E-state index contributed by atoms with van der Waals surface area (Å²) in [5.74, 6) is 1.66. The molecule has 3 heterocycles. The quantitative estimate of drug-likeness (QED) is 0.624. The Hall–Kier alpha value is -2.93. The molecule has 0 radical (unpaired) electrons. The number of carbonyl (C=O) groups excluding carboxylic acids is 1. The van der Waals surface area contributed by atoms with Crippen molar-refractivity contribution in [2.45, 2.75) is 43.6 Å². The van der Waals surface area contributed by atoms with Gasteiger partial charge in [-0.25, -0.2) is 4.68 Å². The molecule has 1 aromatic carbocycles. The third-order valence-corrected chi connectivity index (χ3v) is 6.45. The largest absolute Gasteiger partial charge is 0.328 e. The number of hydrogen-bond acceptors (Lipinski definition) is 6. The summed E-state index contributed by atoms with van der Waals surface area (Å²) in [6.45, 7) is 4.27. The van der Waals surface area contributed by atoms with Gasteiger partial charge in [0.1, 0.15) is 6.04 Å². The van der Waals surface area contributed by atoms with Crippen molar-refractivity contribution in [1.29, 1.82) is 0 Å². The molecule has 0 bridgehead atoms.